The Balaban J connectivity index is 2.39. The summed E-state index contributed by atoms with van der Waals surface area (Å²) < 4.78 is 1.90. The maximum atomic E-state index is 11.7. The van der Waals surface area contributed by atoms with E-state index in [1.165, 1.54) is 0 Å². The number of aryl methyl sites for hydroxylation is 1. The lowest BCUT2D eigenvalue weighted by molar-refractivity contribution is -0.130. The van der Waals surface area contributed by atoms with Gasteiger partial charge in [-0.05, 0) is 17.7 Å². The predicted molar refractivity (Wildman–Crippen MR) is 65.5 cm³/mol. The van der Waals surface area contributed by atoms with Crippen molar-refractivity contribution in [1.82, 2.24) is 9.55 Å². The lowest BCUT2D eigenvalue weighted by Crippen LogP contribution is -2.17. The Labute approximate surface area is 99.9 Å². The van der Waals surface area contributed by atoms with E-state index in [-0.39, 0.29) is 11.7 Å². The highest BCUT2D eigenvalue weighted by Gasteiger charge is 2.20. The van der Waals surface area contributed by atoms with Crippen LogP contribution in [-0.4, -0.2) is 20.4 Å². The van der Waals surface area contributed by atoms with Crippen molar-refractivity contribution in [2.45, 2.75) is 20.0 Å². The van der Waals surface area contributed by atoms with Crippen molar-refractivity contribution >= 4 is 16.8 Å². The van der Waals surface area contributed by atoms with E-state index < -0.39 is 6.10 Å². The van der Waals surface area contributed by atoms with E-state index >= 15 is 0 Å². The highest BCUT2D eigenvalue weighted by atomic mass is 16.3. The molecule has 1 aromatic carbocycles. The number of rotatable bonds is 3. The van der Waals surface area contributed by atoms with Crippen molar-refractivity contribution < 1.29 is 9.90 Å². The minimum absolute atomic E-state index is 0.166. The van der Waals surface area contributed by atoms with Gasteiger partial charge in [-0.2, -0.15) is 0 Å². The molecule has 4 nitrogen and oxygen atoms in total. The first-order valence-corrected chi connectivity index (χ1v) is 5.63. The Kier molecular flexibility index (Phi) is 2.98. The van der Waals surface area contributed by atoms with Crippen molar-refractivity contribution in [3.63, 3.8) is 0 Å². The summed E-state index contributed by atoms with van der Waals surface area (Å²) in [5.41, 5.74) is 2.38. The molecule has 0 aliphatic heterocycles. The summed E-state index contributed by atoms with van der Waals surface area (Å²) in [4.78, 5) is 15.9. The second-order valence-corrected chi connectivity index (χ2v) is 4.56. The number of hydrogen-bond donors (Lipinski definition) is 1. The van der Waals surface area contributed by atoms with E-state index in [1.54, 1.807) is 32.3 Å². The van der Waals surface area contributed by atoms with Crippen LogP contribution < -0.4 is 0 Å². The number of carbonyl (C=O) groups is 1. The Bertz CT molecular complexity index is 558. The molecular weight excluding hydrogens is 216 g/mol. The van der Waals surface area contributed by atoms with Gasteiger partial charge in [-0.3, -0.25) is 4.79 Å². The first-order valence-electron chi connectivity index (χ1n) is 5.63. The van der Waals surface area contributed by atoms with Gasteiger partial charge in [0.15, 0.2) is 5.78 Å². The van der Waals surface area contributed by atoms with Gasteiger partial charge in [-0.1, -0.05) is 19.9 Å². The molecule has 1 aromatic heterocycles. The Hall–Kier alpha value is -1.68. The van der Waals surface area contributed by atoms with Crippen LogP contribution >= 0.6 is 0 Å². The molecule has 0 aliphatic rings. The summed E-state index contributed by atoms with van der Waals surface area (Å²) in [6.07, 6.45) is 0.659. The van der Waals surface area contributed by atoms with E-state index in [1.807, 2.05) is 17.7 Å². The van der Waals surface area contributed by atoms with Gasteiger partial charge >= 0.3 is 0 Å². The number of fused-ring (bicyclic) bond motifs is 1. The molecule has 17 heavy (non-hydrogen) atoms. The maximum absolute atomic E-state index is 11.7. The first-order chi connectivity index (χ1) is 8.00. The molecule has 2 rings (SSSR count). The number of benzene rings is 1. The number of nitrogens with zero attached hydrogens (tertiary/aromatic N) is 2. The molecule has 0 fully saturated rings. The van der Waals surface area contributed by atoms with Crippen LogP contribution in [0.3, 0.4) is 0 Å². The minimum Gasteiger partial charge on any atom is -0.381 e. The van der Waals surface area contributed by atoms with Crippen LogP contribution in [0.5, 0.6) is 0 Å². The SMILES string of the molecule is CC(C)C(=O)C(O)c1ccc2c(c1)ncn2C. The fourth-order valence-electron chi connectivity index (χ4n) is 1.80. The Morgan fingerprint density at radius 2 is 2.12 bits per heavy atom. The highest BCUT2D eigenvalue weighted by Crippen LogP contribution is 2.21. The van der Waals surface area contributed by atoms with E-state index in [9.17, 15) is 9.90 Å². The summed E-state index contributed by atoms with van der Waals surface area (Å²) in [6.45, 7) is 3.57. The highest BCUT2D eigenvalue weighted by molar-refractivity contribution is 5.87. The van der Waals surface area contributed by atoms with Crippen LogP contribution in [0.15, 0.2) is 24.5 Å². The van der Waals surface area contributed by atoms with Gasteiger partial charge in [-0.15, -0.1) is 0 Å². The molecule has 0 bridgehead atoms. The summed E-state index contributed by atoms with van der Waals surface area (Å²) in [7, 11) is 1.91. The summed E-state index contributed by atoms with van der Waals surface area (Å²) in [5.74, 6) is -0.343. The predicted octanol–water partition coefficient (Wildman–Crippen LogP) is 1.83. The van der Waals surface area contributed by atoms with Crippen LogP contribution in [-0.2, 0) is 11.8 Å². The fraction of sp³-hybridized carbons (Fsp3) is 0.385. The van der Waals surface area contributed by atoms with Crippen molar-refractivity contribution in [2.24, 2.45) is 13.0 Å². The minimum atomic E-state index is -1.05. The molecule has 1 atom stereocenters. The molecular formula is C13H16N2O2. The normalized spacial score (nSPS) is 13.2. The smallest absolute Gasteiger partial charge is 0.168 e. The van der Waals surface area contributed by atoms with Crippen LogP contribution in [0.2, 0.25) is 0 Å². The lowest BCUT2D eigenvalue weighted by atomic mass is 9.98. The molecule has 90 valence electrons. The zero-order valence-electron chi connectivity index (χ0n) is 10.2. The number of aliphatic hydroxyl groups excluding tert-OH is 1. The van der Waals surface area contributed by atoms with Crippen LogP contribution in [0.25, 0.3) is 11.0 Å². The molecule has 0 saturated heterocycles. The molecule has 0 amide bonds. The lowest BCUT2D eigenvalue weighted by Gasteiger charge is -2.12. The third-order valence-corrected chi connectivity index (χ3v) is 2.90. The number of aliphatic hydroxyl groups is 1. The Morgan fingerprint density at radius 1 is 1.41 bits per heavy atom. The molecule has 4 heteroatoms. The molecule has 1 N–H and O–H groups in total. The van der Waals surface area contributed by atoms with Crippen molar-refractivity contribution in [1.29, 1.82) is 0 Å². The second-order valence-electron chi connectivity index (χ2n) is 4.56. The topological polar surface area (TPSA) is 55.1 Å². The number of imidazole rings is 1. The monoisotopic (exact) mass is 232 g/mol. The fourth-order valence-corrected chi connectivity index (χ4v) is 1.80. The molecule has 0 radical (unpaired) electrons. The van der Waals surface area contributed by atoms with Gasteiger partial charge in [0.05, 0.1) is 17.4 Å². The number of ketones is 1. The molecule has 1 unspecified atom stereocenters. The van der Waals surface area contributed by atoms with Crippen molar-refractivity contribution in [3.05, 3.63) is 30.1 Å². The van der Waals surface area contributed by atoms with E-state index in [4.69, 9.17) is 0 Å². The van der Waals surface area contributed by atoms with Gasteiger partial charge in [0, 0.05) is 13.0 Å². The summed E-state index contributed by atoms with van der Waals surface area (Å²) in [6, 6.07) is 5.41. The maximum Gasteiger partial charge on any atom is 0.168 e. The molecule has 0 aliphatic carbocycles. The van der Waals surface area contributed by atoms with E-state index in [2.05, 4.69) is 4.98 Å². The van der Waals surface area contributed by atoms with E-state index in [0.29, 0.717) is 5.56 Å². The van der Waals surface area contributed by atoms with Gasteiger partial charge in [0.1, 0.15) is 6.10 Å². The molecule has 2 aromatic rings. The first kappa shape index (κ1) is 11.8. The second kappa shape index (κ2) is 4.30. The molecule has 1 heterocycles. The van der Waals surface area contributed by atoms with Crippen molar-refractivity contribution in [2.75, 3.05) is 0 Å². The summed E-state index contributed by atoms with van der Waals surface area (Å²) in [5, 5.41) is 9.94. The van der Waals surface area contributed by atoms with Gasteiger partial charge in [0.25, 0.3) is 0 Å². The van der Waals surface area contributed by atoms with Crippen molar-refractivity contribution in [3.8, 4) is 0 Å². The van der Waals surface area contributed by atoms with Gasteiger partial charge in [0.2, 0.25) is 0 Å². The standard InChI is InChI=1S/C13H16N2O2/c1-8(2)12(16)13(17)9-4-5-11-10(6-9)14-7-15(11)3/h4-8,13,17H,1-3H3. The largest absolute Gasteiger partial charge is 0.381 e. The van der Waals surface area contributed by atoms with Crippen LogP contribution in [0, 0.1) is 5.92 Å². The number of Topliss-reactive ketones (excluding diaryl/α,β-unsaturated/α-hetero) is 1. The summed E-state index contributed by atoms with van der Waals surface area (Å²) >= 11 is 0. The average Bonchev–Trinajstić information content (AvgIpc) is 2.68. The zero-order chi connectivity index (χ0) is 12.6. The van der Waals surface area contributed by atoms with Gasteiger partial charge < -0.3 is 9.67 Å². The van der Waals surface area contributed by atoms with Crippen LogP contribution in [0.4, 0.5) is 0 Å². The number of carbonyl (C=O) groups excluding carboxylic acids is 1. The van der Waals surface area contributed by atoms with E-state index in [0.717, 1.165) is 11.0 Å². The quantitative estimate of drug-likeness (QED) is 0.878. The Morgan fingerprint density at radius 3 is 2.76 bits per heavy atom. The van der Waals surface area contributed by atoms with Gasteiger partial charge in [-0.25, -0.2) is 4.98 Å². The number of aromatic nitrogens is 2. The molecule has 0 saturated carbocycles. The average molecular weight is 232 g/mol. The third kappa shape index (κ3) is 2.08. The third-order valence-electron chi connectivity index (χ3n) is 2.90. The molecule has 0 spiro atoms. The van der Waals surface area contributed by atoms with Crippen LogP contribution in [0.1, 0.15) is 25.5 Å². The zero-order valence-corrected chi connectivity index (χ0v) is 10.2. The number of hydrogen-bond acceptors (Lipinski definition) is 3.